The van der Waals surface area contributed by atoms with E-state index < -0.39 is 0 Å². The Labute approximate surface area is 76.1 Å². The number of ether oxygens (including phenoxy) is 1. The summed E-state index contributed by atoms with van der Waals surface area (Å²) in [5, 5.41) is 11.9. The predicted molar refractivity (Wildman–Crippen MR) is 48.6 cm³/mol. The topological polar surface area (TPSA) is 58.6 Å². The average Bonchev–Trinajstić information content (AvgIpc) is 2.14. The van der Waals surface area contributed by atoms with Gasteiger partial charge in [-0.15, -0.1) is 0 Å². The summed E-state index contributed by atoms with van der Waals surface area (Å²) in [7, 11) is 1.33. The molecule has 0 heterocycles. The Bertz CT molecular complexity index is 299. The number of esters is 1. The maximum atomic E-state index is 10.7. The second kappa shape index (κ2) is 4.35. The minimum atomic E-state index is -0.344. The summed E-state index contributed by atoms with van der Waals surface area (Å²) in [6.45, 7) is 0.0972. The minimum Gasteiger partial charge on any atom is -0.508 e. The van der Waals surface area contributed by atoms with E-state index in [1.807, 2.05) is 0 Å². The number of carbonyl (C=O) groups excluding carboxylic acids is 1. The molecule has 0 spiro atoms. The molecule has 1 aromatic carbocycles. The molecule has 0 aliphatic heterocycles. The van der Waals surface area contributed by atoms with E-state index in [4.69, 9.17) is 5.11 Å². The number of phenols is 1. The van der Waals surface area contributed by atoms with Crippen LogP contribution in [0.5, 0.6) is 5.75 Å². The highest BCUT2D eigenvalue weighted by Crippen LogP contribution is 2.14. The van der Waals surface area contributed by atoms with Gasteiger partial charge in [0.05, 0.1) is 7.11 Å². The van der Waals surface area contributed by atoms with Gasteiger partial charge in [-0.3, -0.25) is 4.79 Å². The number of carbonyl (C=O) groups is 1. The van der Waals surface area contributed by atoms with Gasteiger partial charge in [-0.25, -0.2) is 0 Å². The molecule has 0 radical (unpaired) electrons. The summed E-state index contributed by atoms with van der Waals surface area (Å²) >= 11 is 0. The van der Waals surface area contributed by atoms with Crippen LogP contribution in [0, 0.1) is 0 Å². The van der Waals surface area contributed by atoms with Crippen LogP contribution in [0.4, 0.5) is 5.69 Å². The van der Waals surface area contributed by atoms with Crippen molar-refractivity contribution in [3.05, 3.63) is 24.3 Å². The molecule has 0 atom stereocenters. The highest BCUT2D eigenvalue weighted by molar-refractivity contribution is 5.74. The summed E-state index contributed by atoms with van der Waals surface area (Å²) in [4.78, 5) is 10.7. The largest absolute Gasteiger partial charge is 0.508 e. The van der Waals surface area contributed by atoms with Gasteiger partial charge in [0.1, 0.15) is 12.3 Å². The molecule has 0 bridgehead atoms. The van der Waals surface area contributed by atoms with E-state index in [1.165, 1.54) is 13.2 Å². The van der Waals surface area contributed by atoms with E-state index in [1.54, 1.807) is 18.2 Å². The number of hydrogen-bond acceptors (Lipinski definition) is 4. The molecular weight excluding hydrogens is 170 g/mol. The van der Waals surface area contributed by atoms with E-state index in [2.05, 4.69) is 10.1 Å². The fraction of sp³-hybridized carbons (Fsp3) is 0.222. The molecule has 0 saturated heterocycles. The van der Waals surface area contributed by atoms with Crippen molar-refractivity contribution in [1.82, 2.24) is 0 Å². The van der Waals surface area contributed by atoms with Crippen LogP contribution in [-0.4, -0.2) is 24.7 Å². The van der Waals surface area contributed by atoms with E-state index >= 15 is 0 Å². The van der Waals surface area contributed by atoms with Gasteiger partial charge in [-0.2, -0.15) is 0 Å². The first kappa shape index (κ1) is 9.38. The molecule has 0 saturated carbocycles. The van der Waals surface area contributed by atoms with Gasteiger partial charge in [-0.1, -0.05) is 6.07 Å². The van der Waals surface area contributed by atoms with Crippen LogP contribution in [0.2, 0.25) is 0 Å². The molecular formula is C9H11NO3. The summed E-state index contributed by atoms with van der Waals surface area (Å²) in [6, 6.07) is 6.53. The van der Waals surface area contributed by atoms with Gasteiger partial charge in [0, 0.05) is 11.8 Å². The number of nitrogens with one attached hydrogen (secondary N) is 1. The van der Waals surface area contributed by atoms with Crippen molar-refractivity contribution in [1.29, 1.82) is 0 Å². The quantitative estimate of drug-likeness (QED) is 0.682. The van der Waals surface area contributed by atoms with Gasteiger partial charge in [0.15, 0.2) is 0 Å². The van der Waals surface area contributed by atoms with Gasteiger partial charge < -0.3 is 15.2 Å². The van der Waals surface area contributed by atoms with Crippen molar-refractivity contribution in [3.8, 4) is 5.75 Å². The maximum Gasteiger partial charge on any atom is 0.325 e. The number of anilines is 1. The second-order valence-electron chi connectivity index (χ2n) is 2.48. The van der Waals surface area contributed by atoms with Crippen molar-refractivity contribution < 1.29 is 14.6 Å². The molecule has 70 valence electrons. The highest BCUT2D eigenvalue weighted by Gasteiger charge is 1.99. The molecule has 1 aromatic rings. The molecule has 0 amide bonds. The molecule has 0 aromatic heterocycles. The third-order valence-corrected chi connectivity index (χ3v) is 1.51. The Balaban J connectivity index is 2.50. The lowest BCUT2D eigenvalue weighted by Crippen LogP contribution is -2.14. The van der Waals surface area contributed by atoms with Gasteiger partial charge in [0.25, 0.3) is 0 Å². The van der Waals surface area contributed by atoms with Crippen molar-refractivity contribution >= 4 is 11.7 Å². The predicted octanol–water partition coefficient (Wildman–Crippen LogP) is 0.977. The van der Waals surface area contributed by atoms with Crippen LogP contribution in [0.1, 0.15) is 0 Å². The average molecular weight is 181 g/mol. The fourth-order valence-corrected chi connectivity index (χ4v) is 0.862. The van der Waals surface area contributed by atoms with Crippen molar-refractivity contribution in [2.75, 3.05) is 19.0 Å². The minimum absolute atomic E-state index is 0.0972. The van der Waals surface area contributed by atoms with Gasteiger partial charge in [0.2, 0.25) is 0 Å². The molecule has 0 aliphatic rings. The van der Waals surface area contributed by atoms with Gasteiger partial charge >= 0.3 is 5.97 Å². The Morgan fingerprint density at radius 3 is 3.00 bits per heavy atom. The summed E-state index contributed by atoms with van der Waals surface area (Å²) in [6.07, 6.45) is 0. The molecule has 0 unspecified atom stereocenters. The molecule has 0 aliphatic carbocycles. The van der Waals surface area contributed by atoms with Gasteiger partial charge in [-0.05, 0) is 12.1 Å². The smallest absolute Gasteiger partial charge is 0.325 e. The Morgan fingerprint density at radius 1 is 1.62 bits per heavy atom. The molecule has 1 rings (SSSR count). The van der Waals surface area contributed by atoms with Crippen molar-refractivity contribution in [2.45, 2.75) is 0 Å². The SMILES string of the molecule is COC(=O)CNc1cccc(O)c1. The van der Waals surface area contributed by atoms with Crippen LogP contribution in [-0.2, 0) is 9.53 Å². The molecule has 13 heavy (non-hydrogen) atoms. The van der Waals surface area contributed by atoms with Crippen LogP contribution in [0.3, 0.4) is 0 Å². The van der Waals surface area contributed by atoms with E-state index in [0.29, 0.717) is 5.69 Å². The monoisotopic (exact) mass is 181 g/mol. The van der Waals surface area contributed by atoms with Crippen LogP contribution in [0.15, 0.2) is 24.3 Å². The number of methoxy groups -OCH3 is 1. The van der Waals surface area contributed by atoms with E-state index in [0.717, 1.165) is 0 Å². The fourth-order valence-electron chi connectivity index (χ4n) is 0.862. The number of aromatic hydroxyl groups is 1. The van der Waals surface area contributed by atoms with E-state index in [-0.39, 0.29) is 18.3 Å². The zero-order valence-corrected chi connectivity index (χ0v) is 7.28. The molecule has 2 N–H and O–H groups in total. The van der Waals surface area contributed by atoms with Crippen LogP contribution in [0.25, 0.3) is 0 Å². The summed E-state index contributed by atoms with van der Waals surface area (Å²) < 4.78 is 4.44. The van der Waals surface area contributed by atoms with Crippen LogP contribution < -0.4 is 5.32 Å². The first-order chi connectivity index (χ1) is 6.22. The zero-order chi connectivity index (χ0) is 9.68. The third-order valence-electron chi connectivity index (χ3n) is 1.51. The molecule has 4 nitrogen and oxygen atoms in total. The van der Waals surface area contributed by atoms with E-state index in [9.17, 15) is 4.79 Å². The lowest BCUT2D eigenvalue weighted by molar-refractivity contribution is -0.138. The standard InChI is InChI=1S/C9H11NO3/c1-13-9(12)6-10-7-3-2-4-8(11)5-7/h2-5,10-11H,6H2,1H3. The Kier molecular flexibility index (Phi) is 3.14. The molecule has 4 heteroatoms. The number of rotatable bonds is 3. The van der Waals surface area contributed by atoms with Crippen LogP contribution >= 0.6 is 0 Å². The first-order valence-electron chi connectivity index (χ1n) is 3.82. The number of phenolic OH excluding ortho intramolecular Hbond substituents is 1. The Morgan fingerprint density at radius 2 is 2.38 bits per heavy atom. The zero-order valence-electron chi connectivity index (χ0n) is 7.28. The summed E-state index contributed by atoms with van der Waals surface area (Å²) in [5.74, 6) is -0.182. The molecule has 0 fully saturated rings. The summed E-state index contributed by atoms with van der Waals surface area (Å²) in [5.41, 5.74) is 0.686. The highest BCUT2D eigenvalue weighted by atomic mass is 16.5. The Hall–Kier alpha value is -1.71. The third kappa shape index (κ3) is 3.02. The number of hydrogen-bond donors (Lipinski definition) is 2. The number of benzene rings is 1. The first-order valence-corrected chi connectivity index (χ1v) is 3.82. The normalized spacial score (nSPS) is 9.31. The maximum absolute atomic E-state index is 10.7. The lowest BCUT2D eigenvalue weighted by Gasteiger charge is -2.04. The van der Waals surface area contributed by atoms with Crippen molar-refractivity contribution in [3.63, 3.8) is 0 Å². The second-order valence-corrected chi connectivity index (χ2v) is 2.48. The van der Waals surface area contributed by atoms with Crippen molar-refractivity contribution in [2.24, 2.45) is 0 Å². The lowest BCUT2D eigenvalue weighted by atomic mass is 10.3.